The van der Waals surface area contributed by atoms with Gasteiger partial charge in [0, 0.05) is 0 Å². The van der Waals surface area contributed by atoms with Gasteiger partial charge in [0.05, 0.1) is 5.56 Å². The van der Waals surface area contributed by atoms with Crippen molar-refractivity contribution in [3.8, 4) is 0 Å². The lowest BCUT2D eigenvalue weighted by Crippen LogP contribution is -2.34. The molecule has 0 radical (unpaired) electrons. The average molecular weight is 419 g/mol. The fraction of sp³-hybridized carbons (Fsp3) is 0.483. The van der Waals surface area contributed by atoms with E-state index in [9.17, 15) is 9.90 Å². The minimum Gasteiger partial charge on any atom is -0.478 e. The van der Waals surface area contributed by atoms with Crippen molar-refractivity contribution < 1.29 is 9.90 Å². The second kappa shape index (κ2) is 8.65. The Bertz CT molecular complexity index is 988. The van der Waals surface area contributed by atoms with E-state index < -0.39 is 5.97 Å². The molecule has 0 unspecified atom stereocenters. The van der Waals surface area contributed by atoms with E-state index in [2.05, 4.69) is 66.7 Å². The minimum atomic E-state index is -0.884. The van der Waals surface area contributed by atoms with Gasteiger partial charge in [0.25, 0.3) is 0 Å². The van der Waals surface area contributed by atoms with Gasteiger partial charge in [-0.1, -0.05) is 78.8 Å². The van der Waals surface area contributed by atoms with Crippen molar-refractivity contribution in [2.75, 3.05) is 0 Å². The molecule has 1 aliphatic carbocycles. The molecule has 31 heavy (non-hydrogen) atoms. The zero-order valence-corrected chi connectivity index (χ0v) is 20.3. The molecule has 0 amide bonds. The Morgan fingerprint density at radius 2 is 1.55 bits per heavy atom. The van der Waals surface area contributed by atoms with Crippen molar-refractivity contribution in [3.63, 3.8) is 0 Å². The first kappa shape index (κ1) is 23.3. The molecule has 2 aromatic carbocycles. The maximum atomic E-state index is 11.2. The van der Waals surface area contributed by atoms with Crippen LogP contribution in [0.4, 0.5) is 0 Å². The molecule has 0 fully saturated rings. The smallest absolute Gasteiger partial charge is 0.335 e. The summed E-state index contributed by atoms with van der Waals surface area (Å²) in [7, 11) is 0. The van der Waals surface area contributed by atoms with Crippen molar-refractivity contribution in [1.29, 1.82) is 0 Å². The van der Waals surface area contributed by atoms with E-state index in [1.165, 1.54) is 40.7 Å². The van der Waals surface area contributed by atoms with Crippen LogP contribution in [-0.4, -0.2) is 11.1 Å². The van der Waals surface area contributed by atoms with Crippen LogP contribution in [0.25, 0.3) is 11.6 Å². The highest BCUT2D eigenvalue weighted by molar-refractivity contribution is 5.89. The number of hydrogen-bond acceptors (Lipinski definition) is 1. The molecule has 1 N–H and O–H groups in total. The number of rotatable bonds is 6. The van der Waals surface area contributed by atoms with Gasteiger partial charge in [0.1, 0.15) is 0 Å². The van der Waals surface area contributed by atoms with Crippen molar-refractivity contribution in [2.24, 2.45) is 5.92 Å². The molecule has 0 atom stereocenters. The summed E-state index contributed by atoms with van der Waals surface area (Å²) in [6.07, 6.45) is 6.67. The second-order valence-corrected chi connectivity index (χ2v) is 10.9. The predicted octanol–water partition coefficient (Wildman–Crippen LogP) is 7.88. The number of aromatic carboxylic acids is 1. The average Bonchev–Trinajstić information content (AvgIpc) is 2.69. The van der Waals surface area contributed by atoms with Crippen molar-refractivity contribution in [2.45, 2.75) is 85.0 Å². The Morgan fingerprint density at radius 1 is 1.00 bits per heavy atom. The van der Waals surface area contributed by atoms with Crippen LogP contribution in [0.3, 0.4) is 0 Å². The van der Waals surface area contributed by atoms with E-state index in [-0.39, 0.29) is 10.8 Å². The molecule has 1 aliphatic rings. The maximum absolute atomic E-state index is 11.2. The van der Waals surface area contributed by atoms with E-state index in [1.54, 1.807) is 12.1 Å². The van der Waals surface area contributed by atoms with Crippen molar-refractivity contribution >= 4 is 17.6 Å². The summed E-state index contributed by atoms with van der Waals surface area (Å²) in [5.74, 6) is -0.297. The molecule has 2 nitrogen and oxygen atoms in total. The van der Waals surface area contributed by atoms with Crippen LogP contribution in [-0.2, 0) is 17.3 Å². The Labute approximate surface area is 188 Å². The lowest BCUT2D eigenvalue weighted by Gasteiger charge is -2.42. The van der Waals surface area contributed by atoms with Gasteiger partial charge < -0.3 is 5.11 Å². The lowest BCUT2D eigenvalue weighted by molar-refractivity contribution is 0.0697. The lowest BCUT2D eigenvalue weighted by atomic mass is 9.62. The van der Waals surface area contributed by atoms with E-state index in [4.69, 9.17) is 0 Å². The number of allylic oxidation sites excluding steroid dienone is 1. The first-order valence-corrected chi connectivity index (χ1v) is 11.7. The summed E-state index contributed by atoms with van der Waals surface area (Å²) in [6, 6.07) is 12.2. The van der Waals surface area contributed by atoms with E-state index >= 15 is 0 Å². The Morgan fingerprint density at radius 3 is 2.03 bits per heavy atom. The fourth-order valence-electron chi connectivity index (χ4n) is 4.86. The standard InChI is InChI=1S/C29H38O2/c1-8-21(16-20-9-11-22(12-10-20)27(30)31)24-18-26-25(17-23(24)15-19(2)3)28(4,5)13-14-29(26,6)7/h9-12,16-19H,8,13-15H2,1-7H3,(H,30,31)/b21-16+. The molecule has 0 spiro atoms. The van der Waals surface area contributed by atoms with Crippen LogP contribution < -0.4 is 0 Å². The normalized spacial score (nSPS) is 17.5. The van der Waals surface area contributed by atoms with Crippen LogP contribution >= 0.6 is 0 Å². The number of carboxylic acid groups (broad SMARTS) is 1. The van der Waals surface area contributed by atoms with Crippen LogP contribution in [0.15, 0.2) is 36.4 Å². The van der Waals surface area contributed by atoms with Crippen molar-refractivity contribution in [1.82, 2.24) is 0 Å². The molecule has 0 heterocycles. The molecule has 0 bridgehead atoms. The zero-order valence-electron chi connectivity index (χ0n) is 20.3. The number of fused-ring (bicyclic) bond motifs is 1. The third-order valence-electron chi connectivity index (χ3n) is 6.93. The van der Waals surface area contributed by atoms with Gasteiger partial charge in [-0.3, -0.25) is 0 Å². The number of benzene rings is 2. The molecule has 0 saturated carbocycles. The molecule has 166 valence electrons. The summed E-state index contributed by atoms with van der Waals surface area (Å²) in [5.41, 5.74) is 8.90. The Kier molecular flexibility index (Phi) is 6.51. The summed E-state index contributed by atoms with van der Waals surface area (Å²) in [6.45, 7) is 16.3. The summed E-state index contributed by atoms with van der Waals surface area (Å²) in [4.78, 5) is 11.2. The molecule has 0 aliphatic heterocycles. The van der Waals surface area contributed by atoms with Crippen LogP contribution in [0.2, 0.25) is 0 Å². The van der Waals surface area contributed by atoms with Crippen LogP contribution in [0.1, 0.15) is 106 Å². The molecular weight excluding hydrogens is 380 g/mol. The SMILES string of the molecule is CC/C(=C\c1ccc(C(=O)O)cc1)c1cc2c(cc1CC(C)C)C(C)(C)CCC2(C)C. The molecule has 2 heteroatoms. The van der Waals surface area contributed by atoms with Gasteiger partial charge in [-0.15, -0.1) is 0 Å². The monoisotopic (exact) mass is 418 g/mol. The second-order valence-electron chi connectivity index (χ2n) is 10.9. The fourth-order valence-corrected chi connectivity index (χ4v) is 4.86. The predicted molar refractivity (Wildman–Crippen MR) is 132 cm³/mol. The van der Waals surface area contributed by atoms with E-state index in [0.29, 0.717) is 11.5 Å². The largest absolute Gasteiger partial charge is 0.478 e. The van der Waals surface area contributed by atoms with Gasteiger partial charge in [-0.2, -0.15) is 0 Å². The number of carboxylic acids is 1. The molecule has 0 aromatic heterocycles. The van der Waals surface area contributed by atoms with Crippen LogP contribution in [0, 0.1) is 5.92 Å². The van der Waals surface area contributed by atoms with Crippen molar-refractivity contribution in [3.05, 3.63) is 69.8 Å². The first-order valence-electron chi connectivity index (χ1n) is 11.7. The topological polar surface area (TPSA) is 37.3 Å². The highest BCUT2D eigenvalue weighted by Crippen LogP contribution is 2.47. The van der Waals surface area contributed by atoms with Gasteiger partial charge in [-0.05, 0) is 88.0 Å². The van der Waals surface area contributed by atoms with Gasteiger partial charge in [0.2, 0.25) is 0 Å². The third kappa shape index (κ3) is 4.95. The van der Waals surface area contributed by atoms with E-state index in [1.807, 2.05) is 12.1 Å². The van der Waals surface area contributed by atoms with Gasteiger partial charge in [-0.25, -0.2) is 4.79 Å². The highest BCUT2D eigenvalue weighted by Gasteiger charge is 2.37. The summed E-state index contributed by atoms with van der Waals surface area (Å²) in [5, 5.41) is 9.19. The van der Waals surface area contributed by atoms with Gasteiger partial charge >= 0.3 is 5.97 Å². The summed E-state index contributed by atoms with van der Waals surface area (Å²) < 4.78 is 0. The Balaban J connectivity index is 2.18. The Hall–Kier alpha value is -2.35. The zero-order chi connectivity index (χ0) is 23.0. The van der Waals surface area contributed by atoms with Crippen LogP contribution in [0.5, 0.6) is 0 Å². The molecule has 0 saturated heterocycles. The van der Waals surface area contributed by atoms with E-state index in [0.717, 1.165) is 18.4 Å². The molecular formula is C29H38O2. The molecule has 3 rings (SSSR count). The molecule has 2 aromatic rings. The third-order valence-corrected chi connectivity index (χ3v) is 6.93. The minimum absolute atomic E-state index is 0.179. The van der Waals surface area contributed by atoms with Gasteiger partial charge in [0.15, 0.2) is 0 Å². The number of hydrogen-bond donors (Lipinski definition) is 1. The first-order chi connectivity index (χ1) is 14.4. The summed E-state index contributed by atoms with van der Waals surface area (Å²) >= 11 is 0. The maximum Gasteiger partial charge on any atom is 0.335 e. The quantitative estimate of drug-likeness (QED) is 0.484. The number of carbonyl (C=O) groups is 1. The highest BCUT2D eigenvalue weighted by atomic mass is 16.4.